The average Bonchev–Trinajstić information content (AvgIpc) is 2.77. The fraction of sp³-hybridized carbons (Fsp3) is 0.600. The van der Waals surface area contributed by atoms with Gasteiger partial charge in [0.15, 0.2) is 0 Å². The number of nitrogens with zero attached hydrogens (tertiary/aromatic N) is 2. The number of rotatable bonds is 7. The summed E-state index contributed by atoms with van der Waals surface area (Å²) in [5.41, 5.74) is 6.40. The number of amides is 2. The van der Waals surface area contributed by atoms with Gasteiger partial charge in [0.25, 0.3) is 0 Å². The van der Waals surface area contributed by atoms with Crippen molar-refractivity contribution in [3.63, 3.8) is 0 Å². The molecule has 0 aliphatic carbocycles. The quantitative estimate of drug-likeness (QED) is 0.757. The fourth-order valence-corrected chi connectivity index (χ4v) is 3.34. The van der Waals surface area contributed by atoms with Gasteiger partial charge in [0, 0.05) is 32.5 Å². The lowest BCUT2D eigenvalue weighted by Crippen LogP contribution is -2.47. The van der Waals surface area contributed by atoms with Crippen LogP contribution < -0.4 is 5.73 Å². The number of hydrogen-bond donors (Lipinski definition) is 1. The van der Waals surface area contributed by atoms with Gasteiger partial charge in [-0.3, -0.25) is 9.59 Å². The van der Waals surface area contributed by atoms with Crippen molar-refractivity contribution in [2.45, 2.75) is 52.1 Å². The number of halogens is 1. The van der Waals surface area contributed by atoms with Gasteiger partial charge in [-0.1, -0.05) is 26.0 Å². The Labute approximate surface area is 155 Å². The van der Waals surface area contributed by atoms with Crippen LogP contribution in [0.25, 0.3) is 0 Å². The van der Waals surface area contributed by atoms with Gasteiger partial charge < -0.3 is 15.5 Å². The molecule has 0 aromatic heterocycles. The normalized spacial score (nSPS) is 18.3. The van der Waals surface area contributed by atoms with Crippen LogP contribution in [0.4, 0.5) is 4.39 Å². The number of benzene rings is 1. The lowest BCUT2D eigenvalue weighted by atomic mass is 10.0. The molecule has 1 saturated heterocycles. The largest absolute Gasteiger partial charge is 0.340 e. The second-order valence-electron chi connectivity index (χ2n) is 7.30. The monoisotopic (exact) mass is 363 g/mol. The highest BCUT2D eigenvalue weighted by Gasteiger charge is 2.33. The first-order chi connectivity index (χ1) is 12.4. The highest BCUT2D eigenvalue weighted by Crippen LogP contribution is 2.22. The summed E-state index contributed by atoms with van der Waals surface area (Å²) in [6.45, 7) is 6.18. The van der Waals surface area contributed by atoms with Crippen LogP contribution in [-0.4, -0.2) is 47.3 Å². The van der Waals surface area contributed by atoms with Gasteiger partial charge in [-0.25, -0.2) is 4.39 Å². The van der Waals surface area contributed by atoms with E-state index in [9.17, 15) is 14.0 Å². The van der Waals surface area contributed by atoms with Crippen LogP contribution in [0.1, 0.15) is 45.1 Å². The average molecular weight is 363 g/mol. The standard InChI is InChI=1S/C20H30FN3O2/c1-15(2)18-14-23(19(25)5-3-4-11-22)12-10-20(26)24(18)13-16-6-8-17(21)9-7-16/h6-9,15,18H,3-5,10-14,22H2,1-2H3/t18-/m0/s1. The van der Waals surface area contributed by atoms with E-state index in [1.54, 1.807) is 12.1 Å². The van der Waals surface area contributed by atoms with E-state index < -0.39 is 0 Å². The van der Waals surface area contributed by atoms with E-state index in [4.69, 9.17) is 5.73 Å². The van der Waals surface area contributed by atoms with Crippen molar-refractivity contribution in [1.82, 2.24) is 9.80 Å². The van der Waals surface area contributed by atoms with E-state index >= 15 is 0 Å². The summed E-state index contributed by atoms with van der Waals surface area (Å²) < 4.78 is 13.1. The second kappa shape index (κ2) is 9.67. The molecular formula is C20H30FN3O2. The molecule has 26 heavy (non-hydrogen) atoms. The Kier molecular flexibility index (Phi) is 7.57. The van der Waals surface area contributed by atoms with Gasteiger partial charge in [-0.05, 0) is 43.0 Å². The molecule has 2 amide bonds. The molecule has 0 spiro atoms. The summed E-state index contributed by atoms with van der Waals surface area (Å²) in [5, 5.41) is 0. The molecule has 6 heteroatoms. The summed E-state index contributed by atoms with van der Waals surface area (Å²) >= 11 is 0. The Morgan fingerprint density at radius 2 is 1.96 bits per heavy atom. The molecule has 0 bridgehead atoms. The van der Waals surface area contributed by atoms with Crippen molar-refractivity contribution >= 4 is 11.8 Å². The molecule has 1 aromatic carbocycles. The molecule has 1 heterocycles. The maximum atomic E-state index is 13.1. The van der Waals surface area contributed by atoms with Crippen LogP contribution in [0, 0.1) is 11.7 Å². The number of carbonyl (C=O) groups excluding carboxylic acids is 2. The van der Waals surface area contributed by atoms with Crippen LogP contribution in [0.5, 0.6) is 0 Å². The molecule has 1 aromatic rings. The van der Waals surface area contributed by atoms with E-state index in [0.717, 1.165) is 18.4 Å². The molecule has 0 saturated carbocycles. The van der Waals surface area contributed by atoms with Gasteiger partial charge in [-0.15, -0.1) is 0 Å². The minimum Gasteiger partial charge on any atom is -0.340 e. The lowest BCUT2D eigenvalue weighted by molar-refractivity contribution is -0.134. The third-order valence-corrected chi connectivity index (χ3v) is 4.96. The number of unbranched alkanes of at least 4 members (excludes halogenated alkanes) is 1. The van der Waals surface area contributed by atoms with Gasteiger partial charge in [0.05, 0.1) is 6.04 Å². The molecule has 5 nitrogen and oxygen atoms in total. The Balaban J connectivity index is 2.11. The number of nitrogens with two attached hydrogens (primary N) is 1. The Morgan fingerprint density at radius 3 is 2.58 bits per heavy atom. The highest BCUT2D eigenvalue weighted by atomic mass is 19.1. The van der Waals surface area contributed by atoms with E-state index in [1.807, 2.05) is 9.80 Å². The summed E-state index contributed by atoms with van der Waals surface area (Å²) in [6, 6.07) is 6.19. The molecule has 1 aliphatic heterocycles. The van der Waals surface area contributed by atoms with Crippen molar-refractivity contribution in [3.05, 3.63) is 35.6 Å². The minimum atomic E-state index is -0.286. The van der Waals surface area contributed by atoms with Crippen molar-refractivity contribution in [2.75, 3.05) is 19.6 Å². The van der Waals surface area contributed by atoms with Crippen molar-refractivity contribution in [3.8, 4) is 0 Å². The first-order valence-corrected chi connectivity index (χ1v) is 9.44. The van der Waals surface area contributed by atoms with Crippen LogP contribution in [0.15, 0.2) is 24.3 Å². The van der Waals surface area contributed by atoms with Gasteiger partial charge in [0.1, 0.15) is 5.82 Å². The molecule has 1 fully saturated rings. The molecule has 2 rings (SSSR count). The topological polar surface area (TPSA) is 66.6 Å². The SMILES string of the molecule is CC(C)[C@@H]1CN(C(=O)CCCCN)CCC(=O)N1Cc1ccc(F)cc1. The first kappa shape index (κ1) is 20.4. The summed E-state index contributed by atoms with van der Waals surface area (Å²) in [7, 11) is 0. The zero-order chi connectivity index (χ0) is 19.1. The third kappa shape index (κ3) is 5.53. The maximum absolute atomic E-state index is 13.1. The number of hydrogen-bond acceptors (Lipinski definition) is 3. The van der Waals surface area contributed by atoms with E-state index in [-0.39, 0.29) is 29.6 Å². The van der Waals surface area contributed by atoms with Crippen molar-refractivity contribution in [2.24, 2.45) is 11.7 Å². The molecule has 0 radical (unpaired) electrons. The van der Waals surface area contributed by atoms with Crippen LogP contribution in [0.2, 0.25) is 0 Å². The predicted molar refractivity (Wildman–Crippen MR) is 99.7 cm³/mol. The summed E-state index contributed by atoms with van der Waals surface area (Å²) in [4.78, 5) is 28.9. The van der Waals surface area contributed by atoms with E-state index in [1.165, 1.54) is 12.1 Å². The van der Waals surface area contributed by atoms with Gasteiger partial charge >= 0.3 is 0 Å². The molecule has 1 aliphatic rings. The predicted octanol–water partition coefficient (Wildman–Crippen LogP) is 2.54. The minimum absolute atomic E-state index is 0.0466. The smallest absolute Gasteiger partial charge is 0.224 e. The van der Waals surface area contributed by atoms with Crippen molar-refractivity contribution in [1.29, 1.82) is 0 Å². The van der Waals surface area contributed by atoms with Crippen LogP contribution in [0.3, 0.4) is 0 Å². The zero-order valence-electron chi connectivity index (χ0n) is 15.8. The van der Waals surface area contributed by atoms with Crippen LogP contribution >= 0.6 is 0 Å². The van der Waals surface area contributed by atoms with Gasteiger partial charge in [0.2, 0.25) is 11.8 Å². The zero-order valence-corrected chi connectivity index (χ0v) is 15.8. The second-order valence-corrected chi connectivity index (χ2v) is 7.30. The molecule has 0 unspecified atom stereocenters. The molecule has 1 atom stereocenters. The summed E-state index contributed by atoms with van der Waals surface area (Å²) in [6.07, 6.45) is 2.43. The van der Waals surface area contributed by atoms with Crippen LogP contribution in [-0.2, 0) is 16.1 Å². The fourth-order valence-electron chi connectivity index (χ4n) is 3.34. The Bertz CT molecular complexity index is 604. The summed E-state index contributed by atoms with van der Waals surface area (Å²) in [5.74, 6) is 0.0771. The highest BCUT2D eigenvalue weighted by molar-refractivity contribution is 5.80. The van der Waals surface area contributed by atoms with Crippen molar-refractivity contribution < 1.29 is 14.0 Å². The Hall–Kier alpha value is -1.95. The van der Waals surface area contributed by atoms with E-state index in [2.05, 4.69) is 13.8 Å². The first-order valence-electron chi connectivity index (χ1n) is 9.44. The molecular weight excluding hydrogens is 333 g/mol. The third-order valence-electron chi connectivity index (χ3n) is 4.96. The molecule has 144 valence electrons. The van der Waals surface area contributed by atoms with E-state index in [0.29, 0.717) is 39.0 Å². The Morgan fingerprint density at radius 1 is 1.27 bits per heavy atom. The lowest BCUT2D eigenvalue weighted by Gasteiger charge is -2.34. The maximum Gasteiger partial charge on any atom is 0.224 e. The van der Waals surface area contributed by atoms with Gasteiger partial charge in [-0.2, -0.15) is 0 Å². The number of carbonyl (C=O) groups is 2. The molecule has 2 N–H and O–H groups in total.